The Morgan fingerprint density at radius 2 is 1.82 bits per heavy atom. The van der Waals surface area contributed by atoms with Crippen molar-refractivity contribution >= 4 is 44.0 Å². The SMILES string of the molecule is CC1=C(Nc2c3ccccc3nn2Cc2ccccc2C(F)(F)F)c2cc(Br)ccc2NC1. The van der Waals surface area contributed by atoms with Crippen LogP contribution in [0.1, 0.15) is 23.6 Å². The van der Waals surface area contributed by atoms with E-state index in [1.165, 1.54) is 12.1 Å². The highest BCUT2D eigenvalue weighted by atomic mass is 79.9. The molecule has 0 bridgehead atoms. The first kappa shape index (κ1) is 21.6. The maximum absolute atomic E-state index is 13.6. The largest absolute Gasteiger partial charge is 0.416 e. The highest BCUT2D eigenvalue weighted by Crippen LogP contribution is 2.37. The average molecular weight is 513 g/mol. The summed E-state index contributed by atoms with van der Waals surface area (Å²) in [6, 6.07) is 19.2. The first-order valence-corrected chi connectivity index (χ1v) is 11.2. The zero-order chi connectivity index (χ0) is 23.2. The second-order valence-electron chi connectivity index (χ2n) is 8.00. The summed E-state index contributed by atoms with van der Waals surface area (Å²) >= 11 is 3.54. The molecule has 4 aromatic rings. The molecule has 1 aliphatic rings. The third kappa shape index (κ3) is 4.11. The molecular formula is C25H20BrF3N4. The van der Waals surface area contributed by atoms with Gasteiger partial charge in [-0.05, 0) is 54.5 Å². The van der Waals surface area contributed by atoms with Crippen molar-refractivity contribution < 1.29 is 13.2 Å². The Balaban J connectivity index is 1.62. The summed E-state index contributed by atoms with van der Waals surface area (Å²) < 4.78 is 43.4. The van der Waals surface area contributed by atoms with E-state index in [-0.39, 0.29) is 12.1 Å². The Kier molecular flexibility index (Phi) is 5.40. The van der Waals surface area contributed by atoms with Crippen molar-refractivity contribution in [2.24, 2.45) is 0 Å². The van der Waals surface area contributed by atoms with Crippen LogP contribution >= 0.6 is 15.9 Å². The van der Waals surface area contributed by atoms with E-state index in [0.717, 1.165) is 38.4 Å². The Hall–Kier alpha value is -3.26. The maximum atomic E-state index is 13.6. The van der Waals surface area contributed by atoms with Crippen molar-refractivity contribution in [3.63, 3.8) is 0 Å². The molecule has 5 rings (SSSR count). The third-order valence-corrected chi connectivity index (χ3v) is 6.25. The summed E-state index contributed by atoms with van der Waals surface area (Å²) in [7, 11) is 0. The van der Waals surface area contributed by atoms with Gasteiger partial charge in [0.25, 0.3) is 0 Å². The third-order valence-electron chi connectivity index (χ3n) is 5.75. The molecular weight excluding hydrogens is 493 g/mol. The van der Waals surface area contributed by atoms with Crippen molar-refractivity contribution in [2.45, 2.75) is 19.6 Å². The molecule has 33 heavy (non-hydrogen) atoms. The lowest BCUT2D eigenvalue weighted by atomic mass is 10.0. The predicted molar refractivity (Wildman–Crippen MR) is 129 cm³/mol. The minimum absolute atomic E-state index is 0.0113. The van der Waals surface area contributed by atoms with Crippen LogP contribution in [0.25, 0.3) is 16.6 Å². The Labute approximate surface area is 197 Å². The number of hydrogen-bond donors (Lipinski definition) is 2. The van der Waals surface area contributed by atoms with Crippen LogP contribution in [0, 0.1) is 0 Å². The smallest absolute Gasteiger partial charge is 0.381 e. The molecule has 0 fully saturated rings. The number of fused-ring (bicyclic) bond motifs is 2. The van der Waals surface area contributed by atoms with E-state index in [2.05, 4.69) is 31.7 Å². The lowest BCUT2D eigenvalue weighted by molar-refractivity contribution is -0.138. The van der Waals surface area contributed by atoms with E-state index in [0.29, 0.717) is 17.9 Å². The van der Waals surface area contributed by atoms with Crippen LogP contribution in [0.5, 0.6) is 0 Å². The first-order chi connectivity index (χ1) is 15.8. The number of aromatic nitrogens is 2. The van der Waals surface area contributed by atoms with Crippen LogP contribution in [0.2, 0.25) is 0 Å². The summed E-state index contributed by atoms with van der Waals surface area (Å²) in [5.74, 6) is 0.657. The van der Waals surface area contributed by atoms with Crippen molar-refractivity contribution in [3.8, 4) is 0 Å². The zero-order valence-electron chi connectivity index (χ0n) is 17.7. The molecule has 0 aliphatic carbocycles. The molecule has 0 amide bonds. The zero-order valence-corrected chi connectivity index (χ0v) is 19.3. The summed E-state index contributed by atoms with van der Waals surface area (Å²) in [5, 5.41) is 12.4. The van der Waals surface area contributed by atoms with E-state index < -0.39 is 11.7 Å². The number of rotatable bonds is 4. The predicted octanol–water partition coefficient (Wildman–Crippen LogP) is 7.13. The fourth-order valence-electron chi connectivity index (χ4n) is 4.14. The molecule has 0 saturated carbocycles. The van der Waals surface area contributed by atoms with Crippen LogP contribution in [-0.4, -0.2) is 16.3 Å². The second kappa shape index (κ2) is 8.26. The maximum Gasteiger partial charge on any atom is 0.416 e. The number of hydrogen-bond acceptors (Lipinski definition) is 3. The first-order valence-electron chi connectivity index (χ1n) is 10.4. The second-order valence-corrected chi connectivity index (χ2v) is 8.92. The van der Waals surface area contributed by atoms with Crippen molar-refractivity contribution in [1.82, 2.24) is 9.78 Å². The molecule has 2 N–H and O–H groups in total. The molecule has 1 aliphatic heterocycles. The van der Waals surface area contributed by atoms with Gasteiger partial charge in [0.05, 0.1) is 17.6 Å². The summed E-state index contributed by atoms with van der Waals surface area (Å²) in [4.78, 5) is 0. The molecule has 2 heterocycles. The van der Waals surface area contributed by atoms with Gasteiger partial charge in [-0.15, -0.1) is 0 Å². The molecule has 0 radical (unpaired) electrons. The molecule has 4 nitrogen and oxygen atoms in total. The molecule has 1 aromatic heterocycles. The molecule has 0 atom stereocenters. The van der Waals surface area contributed by atoms with Gasteiger partial charge in [-0.25, -0.2) is 4.68 Å². The quantitative estimate of drug-likeness (QED) is 0.305. The van der Waals surface area contributed by atoms with E-state index in [4.69, 9.17) is 0 Å². The molecule has 168 valence electrons. The van der Waals surface area contributed by atoms with Gasteiger partial charge in [-0.2, -0.15) is 18.3 Å². The highest BCUT2D eigenvalue weighted by molar-refractivity contribution is 9.10. The summed E-state index contributed by atoms with van der Waals surface area (Å²) in [6.45, 7) is 2.68. The van der Waals surface area contributed by atoms with Crippen LogP contribution in [0.4, 0.5) is 24.7 Å². The number of alkyl halides is 3. The molecule has 8 heteroatoms. The lowest BCUT2D eigenvalue weighted by Gasteiger charge is -2.25. The minimum Gasteiger partial charge on any atom is -0.381 e. The van der Waals surface area contributed by atoms with Gasteiger partial charge in [-0.1, -0.05) is 46.3 Å². The van der Waals surface area contributed by atoms with Gasteiger partial charge < -0.3 is 10.6 Å². The fraction of sp³-hybridized carbons (Fsp3) is 0.160. The number of halogens is 4. The molecule has 0 saturated heterocycles. The van der Waals surface area contributed by atoms with Crippen molar-refractivity contribution in [1.29, 1.82) is 0 Å². The highest BCUT2D eigenvalue weighted by Gasteiger charge is 2.33. The Bertz CT molecular complexity index is 1390. The van der Waals surface area contributed by atoms with Gasteiger partial charge in [0.1, 0.15) is 5.82 Å². The Morgan fingerprint density at radius 1 is 1.06 bits per heavy atom. The molecule has 3 aromatic carbocycles. The molecule has 0 unspecified atom stereocenters. The average Bonchev–Trinajstić information content (AvgIpc) is 3.12. The van der Waals surface area contributed by atoms with Gasteiger partial charge in [0.15, 0.2) is 0 Å². The fourth-order valence-corrected chi connectivity index (χ4v) is 4.50. The monoisotopic (exact) mass is 512 g/mol. The topological polar surface area (TPSA) is 41.9 Å². The van der Waals surface area contributed by atoms with Crippen molar-refractivity contribution in [2.75, 3.05) is 17.2 Å². The minimum atomic E-state index is -4.43. The van der Waals surface area contributed by atoms with E-state index in [9.17, 15) is 13.2 Å². The van der Waals surface area contributed by atoms with Crippen LogP contribution in [-0.2, 0) is 12.7 Å². The van der Waals surface area contributed by atoms with Gasteiger partial charge >= 0.3 is 6.18 Å². The van der Waals surface area contributed by atoms with Gasteiger partial charge in [0, 0.05) is 33.4 Å². The van der Waals surface area contributed by atoms with Crippen LogP contribution < -0.4 is 10.6 Å². The normalized spacial score (nSPS) is 13.7. The van der Waals surface area contributed by atoms with Gasteiger partial charge in [0.2, 0.25) is 0 Å². The summed E-state index contributed by atoms with van der Waals surface area (Å²) in [6.07, 6.45) is -4.43. The number of anilines is 2. The number of nitrogens with zero attached hydrogens (tertiary/aromatic N) is 2. The van der Waals surface area contributed by atoms with Crippen LogP contribution in [0.15, 0.2) is 76.8 Å². The number of benzene rings is 3. The van der Waals surface area contributed by atoms with Gasteiger partial charge in [-0.3, -0.25) is 0 Å². The van der Waals surface area contributed by atoms with Crippen LogP contribution in [0.3, 0.4) is 0 Å². The number of nitrogens with one attached hydrogen (secondary N) is 2. The Morgan fingerprint density at radius 3 is 2.64 bits per heavy atom. The van der Waals surface area contributed by atoms with Crippen molar-refractivity contribution in [3.05, 3.63) is 93.5 Å². The van der Waals surface area contributed by atoms with E-state index in [1.54, 1.807) is 10.7 Å². The standard InChI is InChI=1S/C25H20BrF3N4/c1-15-13-30-21-11-10-17(26)12-19(21)23(15)31-24-18-7-3-5-9-22(18)32-33(24)14-16-6-2-4-8-20(16)25(27,28)29/h2-12,30-31H,13-14H2,1H3. The van der Waals surface area contributed by atoms with E-state index >= 15 is 0 Å². The summed E-state index contributed by atoms with van der Waals surface area (Å²) in [5.41, 5.74) is 4.21. The molecule has 0 spiro atoms. The van der Waals surface area contributed by atoms with E-state index in [1.807, 2.05) is 49.4 Å². The lowest BCUT2D eigenvalue weighted by Crippen LogP contribution is -2.18.